The van der Waals surface area contributed by atoms with Gasteiger partial charge in [-0.3, -0.25) is 9.59 Å². The van der Waals surface area contributed by atoms with E-state index in [1.54, 1.807) is 12.0 Å². The van der Waals surface area contributed by atoms with Gasteiger partial charge < -0.3 is 15.0 Å². The first-order chi connectivity index (χ1) is 11.0. The second-order valence-electron chi connectivity index (χ2n) is 6.10. The predicted molar refractivity (Wildman–Crippen MR) is 92.1 cm³/mol. The second kappa shape index (κ2) is 5.21. The average Bonchev–Trinajstić information content (AvgIpc) is 3.06. The first-order valence-electron chi connectivity index (χ1n) is 7.38. The quantitative estimate of drug-likeness (QED) is 0.851. The number of halogens is 1. The molecule has 3 heterocycles. The zero-order valence-electron chi connectivity index (χ0n) is 12.5. The summed E-state index contributed by atoms with van der Waals surface area (Å²) in [5, 5.41) is 3.99. The fraction of sp³-hybridized carbons (Fsp3) is 0.375. The number of methoxy groups -OCH3 is 1. The minimum Gasteiger partial charge on any atom is -0.497 e. The highest BCUT2D eigenvalue weighted by Crippen LogP contribution is 2.40. The van der Waals surface area contributed by atoms with Gasteiger partial charge in [-0.25, -0.2) is 0 Å². The molecule has 1 spiro atoms. The molecule has 2 aromatic rings. The molecule has 4 rings (SSSR count). The highest BCUT2D eigenvalue weighted by atomic mass is 79.9. The molecule has 0 atom stereocenters. The Balaban J connectivity index is 1.59. The third-order valence-corrected chi connectivity index (χ3v) is 6.78. The summed E-state index contributed by atoms with van der Waals surface area (Å²) < 4.78 is 7.11. The summed E-state index contributed by atoms with van der Waals surface area (Å²) in [6.45, 7) is 1.20. The van der Waals surface area contributed by atoms with Crippen LogP contribution in [0.15, 0.2) is 22.7 Å². The second-order valence-corrected chi connectivity index (χ2v) is 7.94. The summed E-state index contributed by atoms with van der Waals surface area (Å²) in [5.41, 5.74) is -0.181. The van der Waals surface area contributed by atoms with Crippen molar-refractivity contribution in [1.82, 2.24) is 10.2 Å². The van der Waals surface area contributed by atoms with Crippen LogP contribution in [0.1, 0.15) is 22.5 Å². The lowest BCUT2D eigenvalue weighted by molar-refractivity contribution is -0.120. The van der Waals surface area contributed by atoms with Gasteiger partial charge in [-0.05, 0) is 40.5 Å². The minimum absolute atomic E-state index is 0.0174. The van der Waals surface area contributed by atoms with Crippen molar-refractivity contribution in [3.8, 4) is 5.75 Å². The van der Waals surface area contributed by atoms with Crippen molar-refractivity contribution in [2.45, 2.75) is 18.4 Å². The standard InChI is InChI=1S/C16H15BrN2O3S/c1-22-9-2-3-11-10(6-9)13(17)14(23-11)15(21)19-7-16(8-19)5-4-12(20)18-16/h2-3,6H,4-5,7-8H2,1H3,(H,18,20). The smallest absolute Gasteiger partial charge is 0.265 e. The molecule has 0 aliphatic carbocycles. The maximum atomic E-state index is 12.8. The van der Waals surface area contributed by atoms with Gasteiger partial charge in [0.2, 0.25) is 5.91 Å². The van der Waals surface area contributed by atoms with Crippen LogP contribution in [0.25, 0.3) is 10.1 Å². The molecular weight excluding hydrogens is 380 g/mol. The van der Waals surface area contributed by atoms with E-state index in [4.69, 9.17) is 4.74 Å². The van der Waals surface area contributed by atoms with E-state index in [1.165, 1.54) is 11.3 Å². The lowest BCUT2D eigenvalue weighted by atomic mass is 9.88. The first-order valence-corrected chi connectivity index (χ1v) is 8.99. The van der Waals surface area contributed by atoms with E-state index in [2.05, 4.69) is 21.2 Å². The molecule has 2 aliphatic heterocycles. The zero-order valence-corrected chi connectivity index (χ0v) is 14.9. The van der Waals surface area contributed by atoms with Gasteiger partial charge >= 0.3 is 0 Å². The van der Waals surface area contributed by atoms with Crippen molar-refractivity contribution in [2.24, 2.45) is 0 Å². The molecule has 2 saturated heterocycles. The number of thiophene rings is 1. The Morgan fingerprint density at radius 2 is 2.22 bits per heavy atom. The molecule has 2 aliphatic rings. The summed E-state index contributed by atoms with van der Waals surface area (Å²) >= 11 is 5.04. The molecule has 2 amide bonds. The maximum absolute atomic E-state index is 12.8. The summed E-state index contributed by atoms with van der Waals surface area (Å²) in [4.78, 5) is 26.7. The minimum atomic E-state index is -0.181. The molecule has 23 heavy (non-hydrogen) atoms. The number of nitrogens with zero attached hydrogens (tertiary/aromatic N) is 1. The van der Waals surface area contributed by atoms with Crippen LogP contribution in [0, 0.1) is 0 Å². The Kier molecular flexibility index (Phi) is 3.39. The van der Waals surface area contributed by atoms with Crippen molar-refractivity contribution in [2.75, 3.05) is 20.2 Å². The number of nitrogens with one attached hydrogen (secondary N) is 1. The van der Waals surface area contributed by atoms with Gasteiger partial charge in [-0.2, -0.15) is 0 Å². The highest BCUT2D eigenvalue weighted by molar-refractivity contribution is 9.10. The van der Waals surface area contributed by atoms with Gasteiger partial charge in [-0.1, -0.05) is 0 Å². The summed E-state index contributed by atoms with van der Waals surface area (Å²) in [5.74, 6) is 0.877. The largest absolute Gasteiger partial charge is 0.497 e. The summed E-state index contributed by atoms with van der Waals surface area (Å²) in [6.07, 6.45) is 1.38. The molecule has 0 saturated carbocycles. The number of hydrogen-bond acceptors (Lipinski definition) is 4. The molecular formula is C16H15BrN2O3S. The van der Waals surface area contributed by atoms with Gasteiger partial charge in [0.15, 0.2) is 0 Å². The van der Waals surface area contributed by atoms with Crippen LogP contribution >= 0.6 is 27.3 Å². The Morgan fingerprint density at radius 3 is 2.87 bits per heavy atom. The fourth-order valence-corrected chi connectivity index (χ4v) is 5.21. The van der Waals surface area contributed by atoms with Gasteiger partial charge in [0.05, 0.1) is 12.6 Å². The number of carbonyl (C=O) groups is 2. The normalized spacial score (nSPS) is 19.0. The van der Waals surface area contributed by atoms with Crippen LogP contribution in [0.5, 0.6) is 5.75 Å². The Labute approximate surface area is 145 Å². The lowest BCUT2D eigenvalue weighted by Crippen LogP contribution is -2.68. The van der Waals surface area contributed by atoms with E-state index in [0.29, 0.717) is 24.4 Å². The molecule has 2 fully saturated rings. The zero-order chi connectivity index (χ0) is 16.2. The van der Waals surface area contributed by atoms with E-state index >= 15 is 0 Å². The fourth-order valence-electron chi connectivity index (χ4n) is 3.29. The molecule has 5 nitrogen and oxygen atoms in total. The third-order valence-electron chi connectivity index (χ3n) is 4.54. The maximum Gasteiger partial charge on any atom is 0.265 e. The van der Waals surface area contributed by atoms with Gasteiger partial charge in [-0.15, -0.1) is 11.3 Å². The molecule has 0 radical (unpaired) electrons. The average molecular weight is 395 g/mol. The summed E-state index contributed by atoms with van der Waals surface area (Å²) in [7, 11) is 1.63. The summed E-state index contributed by atoms with van der Waals surface area (Å²) in [6, 6.07) is 5.79. The van der Waals surface area contributed by atoms with Crippen molar-refractivity contribution in [1.29, 1.82) is 0 Å². The number of amides is 2. The molecule has 0 unspecified atom stereocenters. The number of carbonyl (C=O) groups excluding carboxylic acids is 2. The van der Waals surface area contributed by atoms with E-state index in [-0.39, 0.29) is 17.4 Å². The van der Waals surface area contributed by atoms with E-state index in [0.717, 1.165) is 26.7 Å². The van der Waals surface area contributed by atoms with Gasteiger partial charge in [0.25, 0.3) is 5.91 Å². The number of ether oxygens (including phenoxy) is 1. The lowest BCUT2D eigenvalue weighted by Gasteiger charge is -2.47. The monoisotopic (exact) mass is 394 g/mol. The van der Waals surface area contributed by atoms with Crippen molar-refractivity contribution in [3.63, 3.8) is 0 Å². The number of fused-ring (bicyclic) bond motifs is 1. The molecule has 1 aromatic heterocycles. The Morgan fingerprint density at radius 1 is 1.43 bits per heavy atom. The van der Waals surface area contributed by atoms with Crippen LogP contribution in [0.3, 0.4) is 0 Å². The molecule has 7 heteroatoms. The van der Waals surface area contributed by atoms with E-state index < -0.39 is 0 Å². The Hall–Kier alpha value is -1.60. The van der Waals surface area contributed by atoms with Crippen molar-refractivity contribution < 1.29 is 14.3 Å². The molecule has 0 bridgehead atoms. The molecule has 1 aromatic carbocycles. The molecule has 120 valence electrons. The van der Waals surface area contributed by atoms with Gasteiger partial charge in [0.1, 0.15) is 10.6 Å². The van der Waals surface area contributed by atoms with E-state index in [9.17, 15) is 9.59 Å². The number of hydrogen-bond donors (Lipinski definition) is 1. The third kappa shape index (κ3) is 2.33. The van der Waals surface area contributed by atoms with Crippen molar-refractivity contribution >= 4 is 49.2 Å². The SMILES string of the molecule is COc1ccc2sc(C(=O)N3CC4(CCC(=O)N4)C3)c(Br)c2c1. The first kappa shape index (κ1) is 15.0. The number of benzene rings is 1. The molecule has 1 N–H and O–H groups in total. The van der Waals surface area contributed by atoms with Crippen LogP contribution in [0.2, 0.25) is 0 Å². The Bertz CT molecular complexity index is 826. The number of likely N-dealkylation sites (tertiary alicyclic amines) is 1. The van der Waals surface area contributed by atoms with E-state index in [1.807, 2.05) is 18.2 Å². The van der Waals surface area contributed by atoms with Crippen molar-refractivity contribution in [3.05, 3.63) is 27.5 Å². The topological polar surface area (TPSA) is 58.6 Å². The highest BCUT2D eigenvalue weighted by Gasteiger charge is 2.49. The van der Waals surface area contributed by atoms with Crippen LogP contribution in [-0.4, -0.2) is 42.5 Å². The number of rotatable bonds is 2. The predicted octanol–water partition coefficient (Wildman–Crippen LogP) is 2.78. The van der Waals surface area contributed by atoms with Crippen LogP contribution in [-0.2, 0) is 4.79 Å². The van der Waals surface area contributed by atoms with Crippen LogP contribution < -0.4 is 10.1 Å². The van der Waals surface area contributed by atoms with Gasteiger partial charge in [0, 0.05) is 34.1 Å². The van der Waals surface area contributed by atoms with Crippen LogP contribution in [0.4, 0.5) is 0 Å².